The van der Waals surface area contributed by atoms with Gasteiger partial charge in [0.15, 0.2) is 11.6 Å². The largest absolute Gasteiger partial charge is 0.396 e. The third kappa shape index (κ3) is 4.92. The van der Waals surface area contributed by atoms with E-state index in [1.807, 2.05) is 0 Å². The van der Waals surface area contributed by atoms with Crippen LogP contribution in [0.25, 0.3) is 0 Å². The molecule has 2 atom stereocenters. The number of rotatable bonds is 4. The fraction of sp³-hybridized carbons (Fsp3) is 0.300. The number of hydrogen-bond acceptors (Lipinski definition) is 4. The third-order valence-electron chi connectivity index (χ3n) is 5.04. The Morgan fingerprint density at radius 3 is 1.50 bits per heavy atom. The molecule has 10 heteroatoms. The number of halogens is 4. The van der Waals surface area contributed by atoms with Crippen LogP contribution in [0.1, 0.15) is 46.4 Å². The lowest BCUT2D eigenvalue weighted by atomic mass is 9.89. The van der Waals surface area contributed by atoms with Gasteiger partial charge in [0.2, 0.25) is 0 Å². The summed E-state index contributed by atoms with van der Waals surface area (Å²) in [7, 11) is 0. The maximum absolute atomic E-state index is 13.7. The molecule has 0 aromatic heterocycles. The Morgan fingerprint density at radius 2 is 1.17 bits per heavy atom. The number of nitrogen functional groups attached to an aromatic ring is 2. The van der Waals surface area contributed by atoms with Crippen LogP contribution in [-0.2, 0) is 0 Å². The number of amides is 2. The highest BCUT2D eigenvalue weighted by Crippen LogP contribution is 2.26. The third-order valence-corrected chi connectivity index (χ3v) is 6.19. The molecule has 30 heavy (non-hydrogen) atoms. The van der Waals surface area contributed by atoms with Gasteiger partial charge in [-0.1, -0.05) is 12.8 Å². The Hall–Kier alpha value is -2.20. The predicted molar refractivity (Wildman–Crippen MR) is 118 cm³/mol. The molecule has 1 aliphatic rings. The molecule has 1 saturated carbocycles. The molecule has 0 saturated heterocycles. The van der Waals surface area contributed by atoms with E-state index in [1.165, 1.54) is 24.3 Å². The second-order valence-electron chi connectivity index (χ2n) is 7.17. The van der Waals surface area contributed by atoms with Crippen molar-refractivity contribution in [3.8, 4) is 0 Å². The van der Waals surface area contributed by atoms with Crippen molar-refractivity contribution >= 4 is 55.0 Å². The van der Waals surface area contributed by atoms with Gasteiger partial charge in [-0.05, 0) is 69.0 Å². The number of carbonyl (C=O) groups is 2. The van der Waals surface area contributed by atoms with Crippen molar-refractivity contribution in [2.75, 3.05) is 11.5 Å². The van der Waals surface area contributed by atoms with Crippen LogP contribution < -0.4 is 22.1 Å². The Labute approximate surface area is 189 Å². The second kappa shape index (κ2) is 9.30. The van der Waals surface area contributed by atoms with E-state index in [-0.39, 0.29) is 43.5 Å². The fourth-order valence-corrected chi connectivity index (χ4v) is 4.41. The molecule has 1 aliphatic carbocycles. The van der Waals surface area contributed by atoms with Crippen molar-refractivity contribution in [1.82, 2.24) is 10.6 Å². The van der Waals surface area contributed by atoms with Gasteiger partial charge >= 0.3 is 0 Å². The Bertz CT molecular complexity index is 877. The molecule has 0 aliphatic heterocycles. The Morgan fingerprint density at radius 1 is 0.800 bits per heavy atom. The molecular weight excluding hydrogens is 526 g/mol. The highest BCUT2D eigenvalue weighted by atomic mass is 79.9. The van der Waals surface area contributed by atoms with Gasteiger partial charge in [-0.2, -0.15) is 0 Å². The SMILES string of the molecule is Nc1cc(C(=O)NC2CCCCC2NC(=O)c2cc(N)c(F)c(Br)c2)cc(Br)c1F. The van der Waals surface area contributed by atoms with Gasteiger partial charge in [0, 0.05) is 23.2 Å². The molecular formula is C20H20Br2F2N4O2. The molecule has 6 N–H and O–H groups in total. The van der Waals surface area contributed by atoms with E-state index in [4.69, 9.17) is 11.5 Å². The number of hydrogen-bond donors (Lipinski definition) is 4. The van der Waals surface area contributed by atoms with Crippen molar-refractivity contribution in [2.45, 2.75) is 37.8 Å². The first-order valence-corrected chi connectivity index (χ1v) is 10.9. The maximum atomic E-state index is 13.7. The summed E-state index contributed by atoms with van der Waals surface area (Å²) in [5.41, 5.74) is 11.4. The zero-order valence-electron chi connectivity index (χ0n) is 15.8. The summed E-state index contributed by atoms with van der Waals surface area (Å²) in [5.74, 6) is -2.08. The summed E-state index contributed by atoms with van der Waals surface area (Å²) >= 11 is 6.09. The van der Waals surface area contributed by atoms with Crippen molar-refractivity contribution in [3.63, 3.8) is 0 Å². The number of carbonyl (C=O) groups excluding carboxylic acids is 2. The summed E-state index contributed by atoms with van der Waals surface area (Å²) in [6.07, 6.45) is 3.12. The number of anilines is 2. The molecule has 0 bridgehead atoms. The van der Waals surface area contributed by atoms with Gasteiger partial charge in [0.25, 0.3) is 11.8 Å². The molecule has 1 fully saturated rings. The topological polar surface area (TPSA) is 110 Å². The average Bonchev–Trinajstić information content (AvgIpc) is 2.70. The number of nitrogens with one attached hydrogen (secondary N) is 2. The van der Waals surface area contributed by atoms with Gasteiger partial charge in [-0.3, -0.25) is 9.59 Å². The van der Waals surface area contributed by atoms with Crippen LogP contribution in [0.3, 0.4) is 0 Å². The first-order valence-electron chi connectivity index (χ1n) is 9.28. The van der Waals surface area contributed by atoms with Gasteiger partial charge in [0.1, 0.15) is 0 Å². The molecule has 2 amide bonds. The summed E-state index contributed by atoms with van der Waals surface area (Å²) in [6.45, 7) is 0. The van der Waals surface area contributed by atoms with E-state index in [0.29, 0.717) is 12.8 Å². The lowest BCUT2D eigenvalue weighted by Gasteiger charge is -2.33. The average molecular weight is 546 g/mol. The van der Waals surface area contributed by atoms with Crippen LogP contribution in [0.4, 0.5) is 20.2 Å². The van der Waals surface area contributed by atoms with Crippen LogP contribution >= 0.6 is 31.9 Å². The van der Waals surface area contributed by atoms with E-state index in [1.54, 1.807) is 0 Å². The molecule has 0 radical (unpaired) electrons. The standard InChI is InChI=1S/C20H20Br2F2N4O2/c21-11-5-9(7-13(25)17(11)23)19(29)27-15-3-1-2-4-16(15)28-20(30)10-6-12(22)18(24)14(26)8-10/h5-8,15-16H,1-4,25-26H2,(H,27,29)(H,28,30). The van der Waals surface area contributed by atoms with E-state index < -0.39 is 23.4 Å². The molecule has 3 rings (SSSR count). The van der Waals surface area contributed by atoms with Gasteiger partial charge in [-0.15, -0.1) is 0 Å². The Kier molecular flexibility index (Phi) is 6.97. The summed E-state index contributed by atoms with van der Waals surface area (Å²) < 4.78 is 27.6. The van der Waals surface area contributed by atoms with Gasteiger partial charge in [0.05, 0.1) is 20.3 Å². The fourth-order valence-electron chi connectivity index (χ4n) is 3.46. The summed E-state index contributed by atoms with van der Waals surface area (Å²) in [6, 6.07) is 4.62. The predicted octanol–water partition coefficient (Wildman–Crippen LogP) is 4.13. The zero-order chi connectivity index (χ0) is 22.0. The highest BCUT2D eigenvalue weighted by molar-refractivity contribution is 9.10. The van der Waals surface area contributed by atoms with Crippen LogP contribution in [0.5, 0.6) is 0 Å². The molecule has 160 valence electrons. The van der Waals surface area contributed by atoms with Crippen LogP contribution in [0.2, 0.25) is 0 Å². The number of benzene rings is 2. The lowest BCUT2D eigenvalue weighted by Crippen LogP contribution is -2.53. The smallest absolute Gasteiger partial charge is 0.251 e. The van der Waals surface area contributed by atoms with E-state index in [0.717, 1.165) is 12.8 Å². The molecule has 2 unspecified atom stereocenters. The van der Waals surface area contributed by atoms with Crippen molar-refractivity contribution in [1.29, 1.82) is 0 Å². The van der Waals surface area contributed by atoms with E-state index >= 15 is 0 Å². The van der Waals surface area contributed by atoms with Crippen molar-refractivity contribution < 1.29 is 18.4 Å². The normalized spacial score (nSPS) is 18.7. The van der Waals surface area contributed by atoms with Gasteiger partial charge in [-0.25, -0.2) is 8.78 Å². The van der Waals surface area contributed by atoms with Crippen LogP contribution in [0.15, 0.2) is 33.2 Å². The molecule has 2 aromatic rings. The van der Waals surface area contributed by atoms with Crippen LogP contribution in [0, 0.1) is 11.6 Å². The van der Waals surface area contributed by atoms with Crippen molar-refractivity contribution in [2.24, 2.45) is 0 Å². The monoisotopic (exact) mass is 544 g/mol. The first-order chi connectivity index (χ1) is 14.2. The summed E-state index contributed by atoms with van der Waals surface area (Å²) in [5, 5.41) is 5.80. The minimum Gasteiger partial charge on any atom is -0.396 e. The van der Waals surface area contributed by atoms with E-state index in [2.05, 4.69) is 42.5 Å². The molecule has 0 spiro atoms. The Balaban J connectivity index is 1.73. The molecule has 2 aromatic carbocycles. The van der Waals surface area contributed by atoms with Crippen LogP contribution in [-0.4, -0.2) is 23.9 Å². The van der Waals surface area contributed by atoms with Gasteiger partial charge < -0.3 is 22.1 Å². The molecule has 0 heterocycles. The second-order valence-corrected chi connectivity index (χ2v) is 8.88. The van der Waals surface area contributed by atoms with E-state index in [9.17, 15) is 18.4 Å². The molecule has 6 nitrogen and oxygen atoms in total. The quantitative estimate of drug-likeness (QED) is 0.433. The first kappa shape index (κ1) is 22.5. The maximum Gasteiger partial charge on any atom is 0.251 e. The minimum atomic E-state index is -0.626. The minimum absolute atomic E-state index is 0.0978. The van der Waals surface area contributed by atoms with Crippen molar-refractivity contribution in [3.05, 3.63) is 56.0 Å². The summed E-state index contributed by atoms with van der Waals surface area (Å²) in [4.78, 5) is 25.3. The zero-order valence-corrected chi connectivity index (χ0v) is 18.9. The highest BCUT2D eigenvalue weighted by Gasteiger charge is 2.29. The number of nitrogens with two attached hydrogens (primary N) is 2. The lowest BCUT2D eigenvalue weighted by molar-refractivity contribution is 0.0862.